The second kappa shape index (κ2) is 13.0. The second-order valence-corrected chi connectivity index (χ2v) is 8.39. The first-order chi connectivity index (χ1) is 15.0. The minimum absolute atomic E-state index is 0.0121. The third-order valence-corrected chi connectivity index (χ3v) is 5.66. The molecule has 0 aromatic heterocycles. The summed E-state index contributed by atoms with van der Waals surface area (Å²) in [5, 5.41) is 0. The van der Waals surface area contributed by atoms with Gasteiger partial charge in [0.1, 0.15) is 5.75 Å². The molecule has 2 rings (SSSR count). The largest absolute Gasteiger partial charge is 0.494 e. The number of aryl methyl sites for hydroxylation is 2. The molecule has 0 radical (unpaired) electrons. The Labute approximate surface area is 189 Å². The molecule has 31 heavy (non-hydrogen) atoms. The fourth-order valence-electron chi connectivity index (χ4n) is 3.73. The zero-order chi connectivity index (χ0) is 22.6. The number of rotatable bonds is 13. The molecule has 0 unspecified atom stereocenters. The van der Waals surface area contributed by atoms with E-state index in [0.29, 0.717) is 12.2 Å². The fraction of sp³-hybridized carbons (Fsp3) is 0.464. The number of amides is 1. The van der Waals surface area contributed by atoms with Crippen LogP contribution >= 0.6 is 0 Å². The van der Waals surface area contributed by atoms with Crippen molar-refractivity contribution in [1.82, 2.24) is 4.90 Å². The first kappa shape index (κ1) is 24.7. The van der Waals surface area contributed by atoms with Gasteiger partial charge < -0.3 is 9.64 Å². The summed E-state index contributed by atoms with van der Waals surface area (Å²) >= 11 is 0. The number of unbranched alkanes of at least 4 members (excludes halogenated alkanes) is 3. The van der Waals surface area contributed by atoms with Crippen molar-refractivity contribution >= 4 is 5.91 Å². The number of hydrogen-bond donors (Lipinski definition) is 0. The summed E-state index contributed by atoms with van der Waals surface area (Å²) in [6.45, 7) is 11.3. The van der Waals surface area contributed by atoms with Crippen LogP contribution in [-0.2, 0) is 17.6 Å². The van der Waals surface area contributed by atoms with Crippen molar-refractivity contribution in [3.8, 4) is 16.9 Å². The summed E-state index contributed by atoms with van der Waals surface area (Å²) in [4.78, 5) is 13.5. The maximum absolute atomic E-state index is 11.8. The Balaban J connectivity index is 1.88. The van der Waals surface area contributed by atoms with Crippen molar-refractivity contribution < 1.29 is 9.53 Å². The van der Waals surface area contributed by atoms with Crippen LogP contribution < -0.4 is 4.74 Å². The van der Waals surface area contributed by atoms with Crippen LogP contribution in [0.3, 0.4) is 0 Å². The minimum Gasteiger partial charge on any atom is -0.494 e. The highest BCUT2D eigenvalue weighted by atomic mass is 16.5. The van der Waals surface area contributed by atoms with Crippen molar-refractivity contribution in [2.45, 2.75) is 65.7 Å². The standard InChI is InChI=1S/C28H39NO2/c1-6-8-9-12-23-13-15-25(16-14-23)27-18-17-26(21-24(27)7-2)31-20-11-10-19-29(5)28(30)22(3)4/h13-18,21H,3,6-12,19-20H2,1-2,4-5H3. The summed E-state index contributed by atoms with van der Waals surface area (Å²) in [5.41, 5.74) is 5.87. The lowest BCUT2D eigenvalue weighted by atomic mass is 9.96. The Morgan fingerprint density at radius 3 is 2.39 bits per heavy atom. The average molecular weight is 422 g/mol. The minimum atomic E-state index is 0.0121. The molecule has 3 heteroatoms. The molecule has 3 nitrogen and oxygen atoms in total. The molecule has 2 aromatic carbocycles. The van der Waals surface area contributed by atoms with E-state index in [1.165, 1.54) is 47.9 Å². The molecule has 168 valence electrons. The summed E-state index contributed by atoms with van der Waals surface area (Å²) in [5.74, 6) is 0.932. The highest BCUT2D eigenvalue weighted by Crippen LogP contribution is 2.28. The zero-order valence-electron chi connectivity index (χ0n) is 19.9. The Kier molecular flexibility index (Phi) is 10.4. The first-order valence-electron chi connectivity index (χ1n) is 11.7. The molecule has 0 aliphatic heterocycles. The molecular weight excluding hydrogens is 382 g/mol. The van der Waals surface area contributed by atoms with Crippen molar-refractivity contribution in [1.29, 1.82) is 0 Å². The number of hydrogen-bond acceptors (Lipinski definition) is 2. The quantitative estimate of drug-likeness (QED) is 0.262. The highest BCUT2D eigenvalue weighted by molar-refractivity contribution is 5.91. The summed E-state index contributed by atoms with van der Waals surface area (Å²) in [6.07, 6.45) is 7.79. The average Bonchev–Trinajstić information content (AvgIpc) is 2.78. The summed E-state index contributed by atoms with van der Waals surface area (Å²) in [7, 11) is 1.82. The zero-order valence-corrected chi connectivity index (χ0v) is 19.9. The molecule has 0 fully saturated rings. The van der Waals surface area contributed by atoms with Gasteiger partial charge in [0, 0.05) is 19.2 Å². The van der Waals surface area contributed by atoms with Crippen LogP contribution in [0.2, 0.25) is 0 Å². The van der Waals surface area contributed by atoms with Crippen LogP contribution in [-0.4, -0.2) is 31.0 Å². The SMILES string of the molecule is C=C(C)C(=O)N(C)CCCCOc1ccc(-c2ccc(CCCCC)cc2)c(CC)c1. The lowest BCUT2D eigenvalue weighted by Gasteiger charge is -2.17. The molecule has 0 bridgehead atoms. The lowest BCUT2D eigenvalue weighted by Crippen LogP contribution is -2.28. The Hall–Kier alpha value is -2.55. The van der Waals surface area contributed by atoms with Gasteiger partial charge in [0.15, 0.2) is 0 Å². The number of ether oxygens (including phenoxy) is 1. The van der Waals surface area contributed by atoms with Crippen LogP contribution in [0.25, 0.3) is 11.1 Å². The predicted octanol–water partition coefficient (Wildman–Crippen LogP) is 6.84. The molecule has 0 saturated heterocycles. The maximum atomic E-state index is 11.8. The van der Waals surface area contributed by atoms with Gasteiger partial charge >= 0.3 is 0 Å². The van der Waals surface area contributed by atoms with Crippen molar-refractivity contribution in [3.63, 3.8) is 0 Å². The third kappa shape index (κ3) is 7.90. The number of carbonyl (C=O) groups is 1. The van der Waals surface area contributed by atoms with E-state index in [4.69, 9.17) is 4.74 Å². The fourth-order valence-corrected chi connectivity index (χ4v) is 3.73. The molecule has 0 spiro atoms. The van der Waals surface area contributed by atoms with Gasteiger partial charge in [-0.1, -0.05) is 63.6 Å². The summed E-state index contributed by atoms with van der Waals surface area (Å²) in [6, 6.07) is 15.5. The molecule has 0 atom stereocenters. The number of carbonyl (C=O) groups excluding carboxylic acids is 1. The van der Waals surface area contributed by atoms with E-state index < -0.39 is 0 Å². The number of likely N-dealkylation sites (N-methyl/N-ethyl adjacent to an activating group) is 1. The second-order valence-electron chi connectivity index (χ2n) is 8.39. The molecule has 0 aliphatic rings. The molecule has 0 aliphatic carbocycles. The first-order valence-corrected chi connectivity index (χ1v) is 11.7. The van der Waals surface area contributed by atoms with E-state index in [9.17, 15) is 4.79 Å². The van der Waals surface area contributed by atoms with Gasteiger partial charge in [-0.05, 0) is 73.4 Å². The lowest BCUT2D eigenvalue weighted by molar-refractivity contribution is -0.125. The highest BCUT2D eigenvalue weighted by Gasteiger charge is 2.09. The van der Waals surface area contributed by atoms with Gasteiger partial charge in [0.05, 0.1) is 6.61 Å². The molecule has 2 aromatic rings. The summed E-state index contributed by atoms with van der Waals surface area (Å²) < 4.78 is 5.98. The van der Waals surface area contributed by atoms with Crippen molar-refractivity contribution in [2.24, 2.45) is 0 Å². The number of nitrogens with zero attached hydrogens (tertiary/aromatic N) is 1. The Morgan fingerprint density at radius 1 is 1.00 bits per heavy atom. The topological polar surface area (TPSA) is 29.5 Å². The smallest absolute Gasteiger partial charge is 0.248 e. The molecular formula is C28H39NO2. The van der Waals surface area contributed by atoms with E-state index in [-0.39, 0.29) is 5.91 Å². The van der Waals surface area contributed by atoms with Crippen LogP contribution in [0, 0.1) is 0 Å². The van der Waals surface area contributed by atoms with E-state index in [1.807, 2.05) is 7.05 Å². The maximum Gasteiger partial charge on any atom is 0.248 e. The van der Waals surface area contributed by atoms with Gasteiger partial charge in [-0.15, -0.1) is 0 Å². The van der Waals surface area contributed by atoms with Crippen LogP contribution in [0.15, 0.2) is 54.6 Å². The van der Waals surface area contributed by atoms with E-state index in [2.05, 4.69) is 62.9 Å². The van der Waals surface area contributed by atoms with Crippen molar-refractivity contribution in [3.05, 3.63) is 65.7 Å². The van der Waals surface area contributed by atoms with Gasteiger partial charge in [-0.3, -0.25) is 4.79 Å². The van der Waals surface area contributed by atoms with Gasteiger partial charge in [0.25, 0.3) is 0 Å². The van der Waals surface area contributed by atoms with Crippen LogP contribution in [0.1, 0.15) is 64.0 Å². The predicted molar refractivity (Wildman–Crippen MR) is 132 cm³/mol. The molecule has 1 amide bonds. The van der Waals surface area contributed by atoms with Crippen LogP contribution in [0.4, 0.5) is 0 Å². The van der Waals surface area contributed by atoms with E-state index >= 15 is 0 Å². The van der Waals surface area contributed by atoms with Crippen molar-refractivity contribution in [2.75, 3.05) is 20.2 Å². The van der Waals surface area contributed by atoms with Gasteiger partial charge in [0.2, 0.25) is 5.91 Å². The molecule has 0 heterocycles. The Bertz CT molecular complexity index is 839. The number of benzene rings is 2. The van der Waals surface area contributed by atoms with Crippen LogP contribution in [0.5, 0.6) is 5.75 Å². The van der Waals surface area contributed by atoms with E-state index in [1.54, 1.807) is 11.8 Å². The third-order valence-electron chi connectivity index (χ3n) is 5.66. The van der Waals surface area contributed by atoms with Gasteiger partial charge in [-0.2, -0.15) is 0 Å². The van der Waals surface area contributed by atoms with E-state index in [0.717, 1.165) is 31.6 Å². The molecule has 0 saturated carbocycles. The molecule has 0 N–H and O–H groups in total. The Morgan fingerprint density at radius 2 is 1.74 bits per heavy atom. The normalized spacial score (nSPS) is 10.7. The monoisotopic (exact) mass is 421 g/mol. The van der Waals surface area contributed by atoms with Gasteiger partial charge in [-0.25, -0.2) is 0 Å².